The molecule has 13 heteroatoms. The molecule has 2 saturated heterocycles. The number of ether oxygens (including phenoxy) is 1. The average molecular weight is 549 g/mol. The molecule has 0 bridgehead atoms. The molecule has 2 aliphatic heterocycles. The number of primary sulfonamides is 1. The van der Waals surface area contributed by atoms with Crippen molar-refractivity contribution in [2.75, 3.05) is 32.8 Å². The molecule has 3 heterocycles. The third kappa shape index (κ3) is 5.29. The fraction of sp³-hybridized carbons (Fsp3) is 0.320. The highest BCUT2D eigenvalue weighted by atomic mass is 32.2. The van der Waals surface area contributed by atoms with Gasteiger partial charge >= 0.3 is 6.18 Å². The van der Waals surface area contributed by atoms with Crippen molar-refractivity contribution in [2.24, 2.45) is 17.0 Å². The number of sulfonamides is 1. The number of hydrogen-bond acceptors (Lipinski definition) is 6. The van der Waals surface area contributed by atoms with Gasteiger partial charge in [-0.25, -0.2) is 18.5 Å². The summed E-state index contributed by atoms with van der Waals surface area (Å²) in [5.41, 5.74) is 0.320. The second-order valence-electron chi connectivity index (χ2n) is 9.45. The third-order valence-electron chi connectivity index (χ3n) is 6.79. The predicted octanol–water partition coefficient (Wildman–Crippen LogP) is 2.67. The molecule has 38 heavy (non-hydrogen) atoms. The van der Waals surface area contributed by atoms with Gasteiger partial charge in [0.2, 0.25) is 15.9 Å². The first-order chi connectivity index (χ1) is 17.9. The van der Waals surface area contributed by atoms with Crippen LogP contribution in [0.3, 0.4) is 0 Å². The second-order valence-corrected chi connectivity index (χ2v) is 11.0. The van der Waals surface area contributed by atoms with Gasteiger partial charge in [0.05, 0.1) is 4.90 Å². The van der Waals surface area contributed by atoms with Gasteiger partial charge in [0, 0.05) is 49.0 Å². The van der Waals surface area contributed by atoms with Gasteiger partial charge in [-0.1, -0.05) is 18.2 Å². The molecule has 0 unspecified atom stereocenters. The van der Waals surface area contributed by atoms with Crippen LogP contribution in [-0.2, 0) is 10.0 Å². The van der Waals surface area contributed by atoms with Crippen LogP contribution in [0, 0.1) is 11.8 Å². The number of nitrogens with two attached hydrogens (primary N) is 1. The van der Waals surface area contributed by atoms with Gasteiger partial charge in [0.25, 0.3) is 11.8 Å². The number of likely N-dealkylation sites (tertiary alicyclic amines) is 2. The van der Waals surface area contributed by atoms with E-state index in [9.17, 15) is 31.2 Å². The monoisotopic (exact) mass is 548 g/mol. The lowest BCUT2D eigenvalue weighted by Gasteiger charge is -2.22. The molecule has 5 rings (SSSR count). The number of hydrogen-bond donors (Lipinski definition) is 1. The summed E-state index contributed by atoms with van der Waals surface area (Å²) in [6.07, 6.45) is -4.55. The smallest absolute Gasteiger partial charge is 0.422 e. The van der Waals surface area contributed by atoms with Crippen molar-refractivity contribution in [1.29, 1.82) is 0 Å². The Morgan fingerprint density at radius 3 is 2.11 bits per heavy atom. The zero-order valence-electron chi connectivity index (χ0n) is 19.9. The van der Waals surface area contributed by atoms with Crippen molar-refractivity contribution < 1.29 is 35.9 Å². The van der Waals surface area contributed by atoms with Gasteiger partial charge in [0.15, 0.2) is 6.61 Å². The summed E-state index contributed by atoms with van der Waals surface area (Å²) < 4.78 is 66.1. The van der Waals surface area contributed by atoms with E-state index in [2.05, 4.69) is 4.98 Å². The maximum absolute atomic E-state index is 13.3. The SMILES string of the molecule is NS(=O)(=O)c1ccc(C(=O)N2C[C@@H]3CN(C(=O)c4cc5ccccc5c(OCC(F)(F)F)n4)C[C@@H]3C2)cc1. The summed E-state index contributed by atoms with van der Waals surface area (Å²) in [7, 11) is -3.86. The molecule has 0 aliphatic carbocycles. The average Bonchev–Trinajstić information content (AvgIpc) is 3.45. The minimum absolute atomic E-state index is 0.0104. The molecule has 2 fully saturated rings. The Hall–Kier alpha value is -3.71. The highest BCUT2D eigenvalue weighted by molar-refractivity contribution is 7.89. The van der Waals surface area contributed by atoms with Crippen LogP contribution < -0.4 is 9.88 Å². The van der Waals surface area contributed by atoms with Crippen molar-refractivity contribution in [3.05, 3.63) is 65.9 Å². The Morgan fingerprint density at radius 1 is 0.947 bits per heavy atom. The molecule has 2 aliphatic rings. The van der Waals surface area contributed by atoms with Crippen molar-refractivity contribution in [1.82, 2.24) is 14.8 Å². The maximum atomic E-state index is 13.3. The van der Waals surface area contributed by atoms with E-state index in [0.29, 0.717) is 42.5 Å². The molecule has 2 N–H and O–H groups in total. The zero-order chi connectivity index (χ0) is 27.2. The second kappa shape index (κ2) is 9.55. The molecule has 3 aromatic rings. The van der Waals surface area contributed by atoms with E-state index in [1.54, 1.807) is 34.1 Å². The molecule has 0 radical (unpaired) electrons. The summed E-state index contributed by atoms with van der Waals surface area (Å²) in [5.74, 6) is -0.881. The van der Waals surface area contributed by atoms with E-state index >= 15 is 0 Å². The first kappa shape index (κ1) is 25.9. The number of benzene rings is 2. The number of fused-ring (bicyclic) bond motifs is 2. The molecule has 1 aromatic heterocycles. The summed E-state index contributed by atoms with van der Waals surface area (Å²) >= 11 is 0. The quantitative estimate of drug-likeness (QED) is 0.523. The Kier molecular flexibility index (Phi) is 6.51. The summed E-state index contributed by atoms with van der Waals surface area (Å²) in [6.45, 7) is 0.0323. The minimum Gasteiger partial charge on any atom is -0.468 e. The van der Waals surface area contributed by atoms with Crippen molar-refractivity contribution >= 4 is 32.6 Å². The van der Waals surface area contributed by atoms with Gasteiger partial charge in [-0.15, -0.1) is 0 Å². The normalized spacial score (nSPS) is 19.6. The largest absolute Gasteiger partial charge is 0.468 e. The topological polar surface area (TPSA) is 123 Å². The Bertz CT molecular complexity index is 1500. The number of nitrogens with zero attached hydrogens (tertiary/aromatic N) is 3. The first-order valence-electron chi connectivity index (χ1n) is 11.7. The van der Waals surface area contributed by atoms with Crippen molar-refractivity contribution in [2.45, 2.75) is 11.1 Å². The van der Waals surface area contributed by atoms with Crippen LogP contribution >= 0.6 is 0 Å². The summed E-state index contributed by atoms with van der Waals surface area (Å²) in [6, 6.07) is 13.5. The number of pyridine rings is 1. The highest BCUT2D eigenvalue weighted by Crippen LogP contribution is 2.34. The van der Waals surface area contributed by atoms with Gasteiger partial charge in [-0.3, -0.25) is 9.59 Å². The maximum Gasteiger partial charge on any atom is 0.422 e. The number of halogens is 3. The van der Waals surface area contributed by atoms with E-state index in [1.165, 1.54) is 30.3 Å². The lowest BCUT2D eigenvalue weighted by Crippen LogP contribution is -2.36. The highest BCUT2D eigenvalue weighted by Gasteiger charge is 2.43. The lowest BCUT2D eigenvalue weighted by molar-refractivity contribution is -0.153. The Morgan fingerprint density at radius 2 is 1.53 bits per heavy atom. The van der Waals surface area contributed by atoms with Gasteiger partial charge < -0.3 is 14.5 Å². The molecular formula is C25H23F3N4O5S. The van der Waals surface area contributed by atoms with Crippen LogP contribution in [0.2, 0.25) is 0 Å². The standard InChI is InChI=1S/C25H23F3N4O5S/c26-25(27,28)14-37-22-20-4-2-1-3-16(20)9-21(30-22)24(34)32-12-17-10-31(11-18(17)13-32)23(33)15-5-7-19(8-6-15)38(29,35)36/h1-9,17-18H,10-14H2,(H2,29,35,36)/t17-,18+. The van der Waals surface area contributed by atoms with Crippen LogP contribution in [0.25, 0.3) is 10.8 Å². The first-order valence-corrected chi connectivity index (χ1v) is 13.2. The number of carbonyl (C=O) groups excluding carboxylic acids is 2. The number of carbonyl (C=O) groups is 2. The van der Waals surface area contributed by atoms with E-state index < -0.39 is 28.7 Å². The summed E-state index contributed by atoms with van der Waals surface area (Å²) in [5, 5.41) is 6.01. The van der Waals surface area contributed by atoms with Crippen LogP contribution in [-0.4, -0.2) is 74.0 Å². The molecule has 2 aromatic carbocycles. The van der Waals surface area contributed by atoms with E-state index in [0.717, 1.165) is 0 Å². The van der Waals surface area contributed by atoms with Gasteiger partial charge in [-0.05, 0) is 41.8 Å². The van der Waals surface area contributed by atoms with E-state index in [4.69, 9.17) is 9.88 Å². The van der Waals surface area contributed by atoms with E-state index in [-0.39, 0.29) is 34.2 Å². The van der Waals surface area contributed by atoms with Crippen LogP contribution in [0.15, 0.2) is 59.5 Å². The fourth-order valence-electron chi connectivity index (χ4n) is 4.99. The predicted molar refractivity (Wildman–Crippen MR) is 130 cm³/mol. The summed E-state index contributed by atoms with van der Waals surface area (Å²) in [4.78, 5) is 33.5. The fourth-order valence-corrected chi connectivity index (χ4v) is 5.51. The van der Waals surface area contributed by atoms with Gasteiger partial charge in [-0.2, -0.15) is 13.2 Å². The molecular weight excluding hydrogens is 525 g/mol. The molecule has 200 valence electrons. The molecule has 2 amide bonds. The molecule has 0 saturated carbocycles. The van der Waals surface area contributed by atoms with Crippen LogP contribution in [0.5, 0.6) is 5.88 Å². The number of aromatic nitrogens is 1. The molecule has 2 atom stereocenters. The van der Waals surface area contributed by atoms with Crippen molar-refractivity contribution in [3.63, 3.8) is 0 Å². The Balaban J connectivity index is 1.27. The molecule has 0 spiro atoms. The number of amides is 2. The van der Waals surface area contributed by atoms with Crippen molar-refractivity contribution in [3.8, 4) is 5.88 Å². The zero-order valence-corrected chi connectivity index (χ0v) is 20.7. The van der Waals surface area contributed by atoms with Crippen LogP contribution in [0.4, 0.5) is 13.2 Å². The third-order valence-corrected chi connectivity index (χ3v) is 7.72. The molecule has 9 nitrogen and oxygen atoms in total. The lowest BCUT2D eigenvalue weighted by atomic mass is 10.0. The Labute approximate surface area is 216 Å². The minimum atomic E-state index is -4.55. The number of alkyl halides is 3. The van der Waals surface area contributed by atoms with Crippen LogP contribution in [0.1, 0.15) is 20.8 Å². The van der Waals surface area contributed by atoms with E-state index in [1.807, 2.05) is 0 Å². The van der Waals surface area contributed by atoms with Gasteiger partial charge in [0.1, 0.15) is 5.69 Å². The number of rotatable bonds is 5.